The summed E-state index contributed by atoms with van der Waals surface area (Å²) in [4.78, 5) is 26.7. The summed E-state index contributed by atoms with van der Waals surface area (Å²) in [6, 6.07) is 11.6. The van der Waals surface area contributed by atoms with Gasteiger partial charge in [0, 0.05) is 17.3 Å². The number of amides is 2. The molecule has 0 radical (unpaired) electrons. The Morgan fingerprint density at radius 2 is 1.61 bits per heavy atom. The summed E-state index contributed by atoms with van der Waals surface area (Å²) in [5.74, 6) is -0.472. The second-order valence-electron chi connectivity index (χ2n) is 7.39. The van der Waals surface area contributed by atoms with Gasteiger partial charge in [0.2, 0.25) is 11.8 Å². The van der Waals surface area contributed by atoms with Crippen molar-refractivity contribution in [3.63, 3.8) is 0 Å². The van der Waals surface area contributed by atoms with E-state index in [1.807, 2.05) is 36.9 Å². The number of hydrogen-bond donors (Lipinski definition) is 2. The van der Waals surface area contributed by atoms with Crippen LogP contribution in [0.25, 0.3) is 0 Å². The number of nitrogens with one attached hydrogen (secondary N) is 2. The summed E-state index contributed by atoms with van der Waals surface area (Å²) in [7, 11) is 0. The standard InChI is InChI=1S/C22H26FN3O2/c1-15-3-6-20(13-16(15)2)25-22(28)17-9-11-26(12-10-17)14-21(27)24-19-7-4-18(23)5-8-19/h3-8,13,17H,9-12,14H2,1-2H3,(H,24,27)(H,25,28). The highest BCUT2D eigenvalue weighted by Gasteiger charge is 2.26. The van der Waals surface area contributed by atoms with E-state index in [1.54, 1.807) is 0 Å². The minimum absolute atomic E-state index is 0.0404. The molecule has 0 unspecified atom stereocenters. The van der Waals surface area contributed by atoms with Crippen LogP contribution >= 0.6 is 0 Å². The molecular formula is C22H26FN3O2. The molecule has 148 valence electrons. The maximum Gasteiger partial charge on any atom is 0.238 e. The molecule has 5 nitrogen and oxygen atoms in total. The molecule has 0 aliphatic carbocycles. The molecular weight excluding hydrogens is 357 g/mol. The fourth-order valence-corrected chi connectivity index (χ4v) is 3.35. The minimum Gasteiger partial charge on any atom is -0.326 e. The first-order valence-electron chi connectivity index (χ1n) is 9.56. The van der Waals surface area contributed by atoms with Crippen LogP contribution in [-0.4, -0.2) is 36.3 Å². The lowest BCUT2D eigenvalue weighted by Gasteiger charge is -2.30. The zero-order valence-electron chi connectivity index (χ0n) is 16.3. The molecule has 1 heterocycles. The number of piperidine rings is 1. The van der Waals surface area contributed by atoms with E-state index >= 15 is 0 Å². The van der Waals surface area contributed by atoms with E-state index in [1.165, 1.54) is 29.8 Å². The van der Waals surface area contributed by atoms with Gasteiger partial charge in [-0.1, -0.05) is 6.07 Å². The van der Waals surface area contributed by atoms with E-state index < -0.39 is 0 Å². The van der Waals surface area contributed by atoms with E-state index in [9.17, 15) is 14.0 Å². The van der Waals surface area contributed by atoms with Crippen LogP contribution in [0, 0.1) is 25.6 Å². The molecule has 6 heteroatoms. The lowest BCUT2D eigenvalue weighted by molar-refractivity contribution is -0.121. The van der Waals surface area contributed by atoms with Gasteiger partial charge in [0.15, 0.2) is 0 Å². The summed E-state index contributed by atoms with van der Waals surface area (Å²) in [5.41, 5.74) is 3.76. The lowest BCUT2D eigenvalue weighted by Crippen LogP contribution is -2.41. The zero-order chi connectivity index (χ0) is 20.1. The van der Waals surface area contributed by atoms with Gasteiger partial charge in [-0.15, -0.1) is 0 Å². The van der Waals surface area contributed by atoms with Crippen molar-refractivity contribution in [3.8, 4) is 0 Å². The Bertz CT molecular complexity index is 843. The van der Waals surface area contributed by atoms with Crippen LogP contribution < -0.4 is 10.6 Å². The third-order valence-electron chi connectivity index (χ3n) is 5.23. The highest BCUT2D eigenvalue weighted by molar-refractivity contribution is 5.93. The maximum atomic E-state index is 12.9. The second-order valence-corrected chi connectivity index (χ2v) is 7.39. The van der Waals surface area contributed by atoms with Crippen molar-refractivity contribution in [2.24, 2.45) is 5.92 Å². The highest BCUT2D eigenvalue weighted by Crippen LogP contribution is 2.21. The highest BCUT2D eigenvalue weighted by atomic mass is 19.1. The number of benzene rings is 2. The molecule has 2 aromatic rings. The predicted molar refractivity (Wildman–Crippen MR) is 109 cm³/mol. The summed E-state index contributed by atoms with van der Waals surface area (Å²) in [6.07, 6.45) is 1.45. The first kappa shape index (κ1) is 20.0. The van der Waals surface area contributed by atoms with Crippen molar-refractivity contribution in [1.82, 2.24) is 4.90 Å². The molecule has 0 bridgehead atoms. The average Bonchev–Trinajstić information content (AvgIpc) is 2.67. The molecule has 0 atom stereocenters. The van der Waals surface area contributed by atoms with Gasteiger partial charge in [0.05, 0.1) is 6.54 Å². The quantitative estimate of drug-likeness (QED) is 0.827. The molecule has 3 rings (SSSR count). The molecule has 0 aromatic heterocycles. The van der Waals surface area contributed by atoms with Crippen LogP contribution in [0.4, 0.5) is 15.8 Å². The average molecular weight is 383 g/mol. The number of carbonyl (C=O) groups is 2. The Morgan fingerprint density at radius 1 is 0.964 bits per heavy atom. The number of carbonyl (C=O) groups excluding carboxylic acids is 2. The first-order valence-corrected chi connectivity index (χ1v) is 9.56. The number of rotatable bonds is 5. The Labute approximate surface area is 164 Å². The fraction of sp³-hybridized carbons (Fsp3) is 0.364. The van der Waals surface area contributed by atoms with Crippen LogP contribution in [0.5, 0.6) is 0 Å². The third-order valence-corrected chi connectivity index (χ3v) is 5.23. The van der Waals surface area contributed by atoms with Crippen LogP contribution in [0.1, 0.15) is 24.0 Å². The van der Waals surface area contributed by atoms with Crippen molar-refractivity contribution in [1.29, 1.82) is 0 Å². The van der Waals surface area contributed by atoms with Gasteiger partial charge in [-0.05, 0) is 87.3 Å². The largest absolute Gasteiger partial charge is 0.326 e. The molecule has 0 spiro atoms. The molecule has 1 fully saturated rings. The molecule has 2 aromatic carbocycles. The van der Waals surface area contributed by atoms with Crippen LogP contribution in [0.3, 0.4) is 0 Å². The monoisotopic (exact) mass is 383 g/mol. The molecule has 2 amide bonds. The first-order chi connectivity index (χ1) is 13.4. The van der Waals surface area contributed by atoms with Crippen molar-refractivity contribution in [2.75, 3.05) is 30.3 Å². The van der Waals surface area contributed by atoms with E-state index in [-0.39, 0.29) is 30.1 Å². The molecule has 1 aliphatic rings. The number of halogens is 1. The Morgan fingerprint density at radius 3 is 2.25 bits per heavy atom. The van der Waals surface area contributed by atoms with Crippen LogP contribution in [0.15, 0.2) is 42.5 Å². The smallest absolute Gasteiger partial charge is 0.238 e. The topological polar surface area (TPSA) is 61.4 Å². The van der Waals surface area contributed by atoms with Crippen molar-refractivity contribution < 1.29 is 14.0 Å². The molecule has 0 saturated carbocycles. The summed E-state index contributed by atoms with van der Waals surface area (Å²) in [6.45, 7) is 5.73. The summed E-state index contributed by atoms with van der Waals surface area (Å²) in [5, 5.41) is 5.77. The molecule has 28 heavy (non-hydrogen) atoms. The van der Waals surface area contributed by atoms with Gasteiger partial charge in [-0.25, -0.2) is 4.39 Å². The number of aryl methyl sites for hydroxylation is 2. The molecule has 2 N–H and O–H groups in total. The van der Waals surface area contributed by atoms with Crippen molar-refractivity contribution in [2.45, 2.75) is 26.7 Å². The Hall–Kier alpha value is -2.73. The number of likely N-dealkylation sites (tertiary alicyclic amines) is 1. The normalized spacial score (nSPS) is 15.2. The SMILES string of the molecule is Cc1ccc(NC(=O)C2CCN(CC(=O)Nc3ccc(F)cc3)CC2)cc1C. The number of hydrogen-bond acceptors (Lipinski definition) is 3. The number of nitrogens with zero attached hydrogens (tertiary/aromatic N) is 1. The Balaban J connectivity index is 1.44. The lowest BCUT2D eigenvalue weighted by atomic mass is 9.95. The van der Waals surface area contributed by atoms with E-state index in [2.05, 4.69) is 10.6 Å². The predicted octanol–water partition coefficient (Wildman–Crippen LogP) is 3.73. The summed E-state index contributed by atoms with van der Waals surface area (Å²) < 4.78 is 12.9. The van der Waals surface area contributed by atoms with Crippen LogP contribution in [0.2, 0.25) is 0 Å². The molecule has 1 saturated heterocycles. The maximum absolute atomic E-state index is 12.9. The zero-order valence-corrected chi connectivity index (χ0v) is 16.3. The van der Waals surface area contributed by atoms with Gasteiger partial charge in [0.1, 0.15) is 5.82 Å². The minimum atomic E-state index is -0.334. The third kappa shape index (κ3) is 5.39. The summed E-state index contributed by atoms with van der Waals surface area (Å²) >= 11 is 0. The van der Waals surface area contributed by atoms with Gasteiger partial charge >= 0.3 is 0 Å². The van der Waals surface area contributed by atoms with Gasteiger partial charge in [-0.3, -0.25) is 14.5 Å². The number of anilines is 2. The van der Waals surface area contributed by atoms with E-state index in [0.717, 1.165) is 24.1 Å². The van der Waals surface area contributed by atoms with Gasteiger partial charge in [-0.2, -0.15) is 0 Å². The Kier molecular flexibility index (Phi) is 6.41. The molecule has 1 aliphatic heterocycles. The van der Waals surface area contributed by atoms with E-state index in [4.69, 9.17) is 0 Å². The van der Waals surface area contributed by atoms with Gasteiger partial charge < -0.3 is 10.6 Å². The van der Waals surface area contributed by atoms with Crippen molar-refractivity contribution >= 4 is 23.2 Å². The van der Waals surface area contributed by atoms with Crippen LogP contribution in [-0.2, 0) is 9.59 Å². The van der Waals surface area contributed by atoms with Crippen molar-refractivity contribution in [3.05, 3.63) is 59.4 Å². The van der Waals surface area contributed by atoms with E-state index in [0.29, 0.717) is 18.8 Å². The van der Waals surface area contributed by atoms with Gasteiger partial charge in [0.25, 0.3) is 0 Å². The fourth-order valence-electron chi connectivity index (χ4n) is 3.35. The second kappa shape index (κ2) is 8.97.